The first-order chi connectivity index (χ1) is 7.90. The summed E-state index contributed by atoms with van der Waals surface area (Å²) in [6.07, 6.45) is 2.79. The largest absolute Gasteiger partial charge is 0.397 e. The van der Waals surface area contributed by atoms with Crippen molar-refractivity contribution in [2.75, 3.05) is 12.9 Å². The molecule has 0 aliphatic heterocycles. The van der Waals surface area contributed by atoms with E-state index in [1.165, 1.54) is 10.2 Å². The average molecular weight is 255 g/mol. The van der Waals surface area contributed by atoms with Crippen LogP contribution in [0.4, 0.5) is 0 Å². The van der Waals surface area contributed by atoms with Crippen LogP contribution in [0.5, 0.6) is 0 Å². The fourth-order valence-corrected chi connectivity index (χ4v) is 2.30. The summed E-state index contributed by atoms with van der Waals surface area (Å²) in [5.41, 5.74) is 1.80. The van der Waals surface area contributed by atoms with Crippen LogP contribution in [0.3, 0.4) is 0 Å². The molecule has 4 nitrogen and oxygen atoms in total. The van der Waals surface area contributed by atoms with Crippen molar-refractivity contribution in [1.82, 2.24) is 3.97 Å². The molecular formula is C12H17NO3S. The van der Waals surface area contributed by atoms with Gasteiger partial charge in [0.1, 0.15) is 0 Å². The third-order valence-electron chi connectivity index (χ3n) is 2.17. The normalized spacial score (nSPS) is 11.1. The molecule has 5 heteroatoms. The van der Waals surface area contributed by atoms with Crippen LogP contribution in [0, 0.1) is 6.92 Å². The molecule has 2 aromatic rings. The molecule has 2 rings (SSSR count). The molecule has 1 N–H and O–H groups in total. The van der Waals surface area contributed by atoms with Crippen LogP contribution in [0.2, 0.25) is 0 Å². The van der Waals surface area contributed by atoms with Gasteiger partial charge in [-0.25, -0.2) is 12.4 Å². The van der Waals surface area contributed by atoms with E-state index in [1.807, 2.05) is 25.1 Å². The van der Waals surface area contributed by atoms with E-state index in [-0.39, 0.29) is 6.61 Å². The Morgan fingerprint density at radius 3 is 2.41 bits per heavy atom. The van der Waals surface area contributed by atoms with Crippen molar-refractivity contribution >= 4 is 20.9 Å². The predicted molar refractivity (Wildman–Crippen MR) is 69.7 cm³/mol. The van der Waals surface area contributed by atoms with E-state index in [2.05, 4.69) is 0 Å². The highest BCUT2D eigenvalue weighted by Crippen LogP contribution is 2.18. The van der Waals surface area contributed by atoms with Gasteiger partial charge in [-0.05, 0) is 31.5 Å². The summed E-state index contributed by atoms with van der Waals surface area (Å²) in [7, 11) is -3.19. The minimum Gasteiger partial charge on any atom is -0.397 e. The Morgan fingerprint density at radius 1 is 1.29 bits per heavy atom. The molecule has 0 amide bonds. The lowest BCUT2D eigenvalue weighted by atomic mass is 10.2. The van der Waals surface area contributed by atoms with Gasteiger partial charge in [0.25, 0.3) is 0 Å². The first-order valence-corrected chi connectivity index (χ1v) is 7.14. The van der Waals surface area contributed by atoms with Crippen LogP contribution in [-0.4, -0.2) is 30.4 Å². The van der Waals surface area contributed by atoms with E-state index in [4.69, 9.17) is 5.11 Å². The van der Waals surface area contributed by atoms with Crippen molar-refractivity contribution in [1.29, 1.82) is 0 Å². The van der Waals surface area contributed by atoms with Crippen LogP contribution < -0.4 is 0 Å². The zero-order valence-corrected chi connectivity index (χ0v) is 11.0. The van der Waals surface area contributed by atoms with Crippen LogP contribution >= 0.6 is 0 Å². The van der Waals surface area contributed by atoms with Crippen molar-refractivity contribution in [3.8, 4) is 0 Å². The SMILES string of the molecule is CCO.Cc1ccc2ccn(S(C)(=O)=O)c2c1. The third kappa shape index (κ3) is 3.31. The maximum absolute atomic E-state index is 11.4. The van der Waals surface area contributed by atoms with Gasteiger partial charge >= 0.3 is 0 Å². The number of hydrogen-bond donors (Lipinski definition) is 1. The summed E-state index contributed by atoms with van der Waals surface area (Å²) in [6.45, 7) is 3.87. The van der Waals surface area contributed by atoms with Gasteiger partial charge < -0.3 is 5.11 Å². The van der Waals surface area contributed by atoms with E-state index >= 15 is 0 Å². The quantitative estimate of drug-likeness (QED) is 0.844. The first kappa shape index (κ1) is 13.7. The fourth-order valence-electron chi connectivity index (χ4n) is 1.50. The molecule has 0 aliphatic rings. The molecule has 0 saturated heterocycles. The van der Waals surface area contributed by atoms with Crippen molar-refractivity contribution in [3.63, 3.8) is 0 Å². The van der Waals surface area contributed by atoms with Gasteiger partial charge in [-0.2, -0.15) is 0 Å². The number of nitrogens with zero attached hydrogens (tertiary/aromatic N) is 1. The van der Waals surface area contributed by atoms with E-state index < -0.39 is 10.0 Å². The lowest BCUT2D eigenvalue weighted by molar-refractivity contribution is 0.318. The number of aliphatic hydroxyl groups excluding tert-OH is 1. The molecule has 0 saturated carbocycles. The Bertz CT molecular complexity index is 599. The molecule has 94 valence electrons. The molecule has 1 aromatic carbocycles. The lowest BCUT2D eigenvalue weighted by Crippen LogP contribution is -2.07. The van der Waals surface area contributed by atoms with Crippen LogP contribution in [0.1, 0.15) is 12.5 Å². The number of aliphatic hydroxyl groups is 1. The summed E-state index contributed by atoms with van der Waals surface area (Å²) >= 11 is 0. The number of rotatable bonds is 1. The molecule has 0 radical (unpaired) electrons. The zero-order chi connectivity index (χ0) is 13.1. The third-order valence-corrected chi connectivity index (χ3v) is 3.20. The van der Waals surface area contributed by atoms with Crippen LogP contribution in [0.25, 0.3) is 10.9 Å². The number of benzene rings is 1. The Balaban J connectivity index is 0.000000437. The second-order valence-corrected chi connectivity index (χ2v) is 5.61. The molecule has 0 unspecified atom stereocenters. The fraction of sp³-hybridized carbons (Fsp3) is 0.333. The smallest absolute Gasteiger partial charge is 0.236 e. The van der Waals surface area contributed by atoms with Gasteiger partial charge in [0.15, 0.2) is 0 Å². The van der Waals surface area contributed by atoms with Gasteiger partial charge in [-0.1, -0.05) is 12.1 Å². The summed E-state index contributed by atoms with van der Waals surface area (Å²) in [4.78, 5) is 0. The maximum atomic E-state index is 11.4. The second kappa shape index (κ2) is 5.33. The minimum absolute atomic E-state index is 0.250. The molecule has 0 aliphatic carbocycles. The van der Waals surface area contributed by atoms with E-state index in [1.54, 1.807) is 19.2 Å². The molecular weight excluding hydrogens is 238 g/mol. The highest BCUT2D eigenvalue weighted by atomic mass is 32.2. The van der Waals surface area contributed by atoms with Crippen molar-refractivity contribution in [3.05, 3.63) is 36.0 Å². The van der Waals surface area contributed by atoms with Crippen LogP contribution in [-0.2, 0) is 10.0 Å². The van der Waals surface area contributed by atoms with Crippen LogP contribution in [0.15, 0.2) is 30.5 Å². The average Bonchev–Trinajstić information content (AvgIpc) is 2.60. The Morgan fingerprint density at radius 2 is 1.88 bits per heavy atom. The maximum Gasteiger partial charge on any atom is 0.236 e. The first-order valence-electron chi connectivity index (χ1n) is 5.29. The number of hydrogen-bond acceptors (Lipinski definition) is 3. The number of aromatic nitrogens is 1. The molecule has 0 bridgehead atoms. The highest BCUT2D eigenvalue weighted by molar-refractivity contribution is 7.89. The number of fused-ring (bicyclic) bond motifs is 1. The highest BCUT2D eigenvalue weighted by Gasteiger charge is 2.08. The van der Waals surface area contributed by atoms with Gasteiger partial charge in [0, 0.05) is 18.2 Å². The lowest BCUT2D eigenvalue weighted by Gasteiger charge is -2.02. The summed E-state index contributed by atoms with van der Waals surface area (Å²) < 4.78 is 24.1. The molecule has 17 heavy (non-hydrogen) atoms. The summed E-state index contributed by atoms with van der Waals surface area (Å²) in [5, 5.41) is 8.51. The van der Waals surface area contributed by atoms with E-state index in [0.29, 0.717) is 0 Å². The van der Waals surface area contributed by atoms with Gasteiger partial charge in [-0.15, -0.1) is 0 Å². The van der Waals surface area contributed by atoms with Crippen molar-refractivity contribution < 1.29 is 13.5 Å². The predicted octanol–water partition coefficient (Wildman–Crippen LogP) is 1.76. The monoisotopic (exact) mass is 255 g/mol. The van der Waals surface area contributed by atoms with Gasteiger partial charge in [-0.3, -0.25) is 0 Å². The standard InChI is InChI=1S/C10H11NO2S.C2H6O/c1-8-3-4-9-5-6-11(10(9)7-8)14(2,12)13;1-2-3/h3-7H,1-2H3;3H,2H2,1H3. The Kier molecular flexibility index (Phi) is 4.31. The molecule has 1 heterocycles. The Labute approximate surface area is 102 Å². The topological polar surface area (TPSA) is 59.3 Å². The Hall–Kier alpha value is -1.33. The van der Waals surface area contributed by atoms with Gasteiger partial charge in [0.2, 0.25) is 10.0 Å². The number of aryl methyl sites for hydroxylation is 1. The van der Waals surface area contributed by atoms with Crippen molar-refractivity contribution in [2.24, 2.45) is 0 Å². The molecule has 0 atom stereocenters. The van der Waals surface area contributed by atoms with Gasteiger partial charge in [0.05, 0.1) is 11.8 Å². The molecule has 0 fully saturated rings. The van der Waals surface area contributed by atoms with E-state index in [0.717, 1.165) is 16.5 Å². The van der Waals surface area contributed by atoms with E-state index in [9.17, 15) is 8.42 Å². The van der Waals surface area contributed by atoms with Crippen molar-refractivity contribution in [2.45, 2.75) is 13.8 Å². The summed E-state index contributed by atoms with van der Waals surface area (Å²) in [6, 6.07) is 7.56. The molecule has 1 aromatic heterocycles. The minimum atomic E-state index is -3.19. The zero-order valence-electron chi connectivity index (χ0n) is 10.2. The summed E-state index contributed by atoms with van der Waals surface area (Å²) in [5.74, 6) is 0. The second-order valence-electron chi connectivity index (χ2n) is 3.75. The molecule has 0 spiro atoms.